The van der Waals surface area contributed by atoms with E-state index in [1.54, 1.807) is 0 Å². The van der Waals surface area contributed by atoms with Crippen LogP contribution in [-0.2, 0) is 14.3 Å². The first kappa shape index (κ1) is 22.8. The number of hydrogen-bond donors (Lipinski definition) is 3. The number of nitrogens with one attached hydrogen (secondary N) is 2. The number of aliphatic carboxylic acids is 1. The normalized spacial score (nSPS) is 16.3. The van der Waals surface area contributed by atoms with Crippen LogP contribution in [0.5, 0.6) is 0 Å². The van der Waals surface area contributed by atoms with Crippen molar-refractivity contribution >= 4 is 18.0 Å². The van der Waals surface area contributed by atoms with Crippen molar-refractivity contribution < 1.29 is 24.2 Å². The molecule has 0 aliphatic heterocycles. The smallest absolute Gasteiger partial charge is 0.407 e. The van der Waals surface area contributed by atoms with Crippen molar-refractivity contribution in [3.05, 3.63) is 59.7 Å². The van der Waals surface area contributed by atoms with Crippen LogP contribution in [0.25, 0.3) is 11.1 Å². The summed E-state index contributed by atoms with van der Waals surface area (Å²) in [7, 11) is 0. The monoisotopic (exact) mass is 450 g/mol. The number of hydrogen-bond acceptors (Lipinski definition) is 4. The molecule has 0 spiro atoms. The highest BCUT2D eigenvalue weighted by Crippen LogP contribution is 2.44. The van der Waals surface area contributed by atoms with Gasteiger partial charge in [-0.15, -0.1) is 0 Å². The molecule has 1 saturated carbocycles. The Morgan fingerprint density at radius 1 is 1.00 bits per heavy atom. The third kappa shape index (κ3) is 5.18. The standard InChI is InChI=1S/C26H30N2O5/c1-2-3-12-22(24(29)28-23(25(30)31)16-13-14-16)27-26(32)33-15-21-19-10-6-4-8-17(19)18-9-5-7-11-20(18)21/h4-11,16,21-23H,2-3,12-15H2,1H3,(H,27,32)(H,28,29)(H,30,31). The van der Waals surface area contributed by atoms with E-state index in [0.717, 1.165) is 47.9 Å². The first-order chi connectivity index (χ1) is 16.0. The predicted octanol–water partition coefficient (Wildman–Crippen LogP) is 4.06. The van der Waals surface area contributed by atoms with Gasteiger partial charge in [0.1, 0.15) is 18.7 Å². The number of carboxylic acid groups (broad SMARTS) is 1. The van der Waals surface area contributed by atoms with E-state index in [9.17, 15) is 19.5 Å². The van der Waals surface area contributed by atoms with Crippen molar-refractivity contribution in [3.63, 3.8) is 0 Å². The number of carbonyl (C=O) groups excluding carboxylic acids is 2. The van der Waals surface area contributed by atoms with Gasteiger partial charge in [-0.1, -0.05) is 68.3 Å². The van der Waals surface area contributed by atoms with Gasteiger partial charge in [0.25, 0.3) is 0 Å². The first-order valence-electron chi connectivity index (χ1n) is 11.6. The molecular formula is C26H30N2O5. The van der Waals surface area contributed by atoms with E-state index in [0.29, 0.717) is 6.42 Å². The summed E-state index contributed by atoms with van der Waals surface area (Å²) in [5.41, 5.74) is 4.50. The molecule has 33 heavy (non-hydrogen) atoms. The van der Waals surface area contributed by atoms with Gasteiger partial charge in [0.2, 0.25) is 5.91 Å². The summed E-state index contributed by atoms with van der Waals surface area (Å²) in [6.45, 7) is 2.15. The zero-order chi connectivity index (χ0) is 23.4. The quantitative estimate of drug-likeness (QED) is 0.506. The highest BCUT2D eigenvalue weighted by Gasteiger charge is 2.38. The summed E-state index contributed by atoms with van der Waals surface area (Å²) in [6, 6.07) is 14.4. The first-order valence-corrected chi connectivity index (χ1v) is 11.6. The van der Waals surface area contributed by atoms with Crippen LogP contribution in [0.2, 0.25) is 0 Å². The molecule has 2 aliphatic carbocycles. The van der Waals surface area contributed by atoms with Crippen molar-refractivity contribution in [2.75, 3.05) is 6.61 Å². The second-order valence-electron chi connectivity index (χ2n) is 8.83. The Labute approximate surface area is 193 Å². The van der Waals surface area contributed by atoms with E-state index in [-0.39, 0.29) is 18.4 Å². The highest BCUT2D eigenvalue weighted by atomic mass is 16.5. The Hall–Kier alpha value is -3.35. The van der Waals surface area contributed by atoms with Crippen LogP contribution in [0.1, 0.15) is 56.1 Å². The molecule has 2 atom stereocenters. The Kier molecular flexibility index (Phi) is 6.96. The average molecular weight is 451 g/mol. The number of amides is 2. The largest absolute Gasteiger partial charge is 0.480 e. The molecule has 0 radical (unpaired) electrons. The fourth-order valence-electron chi connectivity index (χ4n) is 4.52. The molecule has 0 saturated heterocycles. The van der Waals surface area contributed by atoms with Crippen molar-refractivity contribution in [2.24, 2.45) is 5.92 Å². The number of benzene rings is 2. The number of carbonyl (C=O) groups is 3. The third-order valence-corrected chi connectivity index (χ3v) is 6.46. The van der Waals surface area contributed by atoms with E-state index in [1.165, 1.54) is 0 Å². The zero-order valence-corrected chi connectivity index (χ0v) is 18.8. The van der Waals surface area contributed by atoms with Gasteiger partial charge in [0.15, 0.2) is 0 Å². The molecule has 0 heterocycles. The molecule has 0 bridgehead atoms. The second-order valence-corrected chi connectivity index (χ2v) is 8.83. The summed E-state index contributed by atoms with van der Waals surface area (Å²) in [4.78, 5) is 36.9. The summed E-state index contributed by atoms with van der Waals surface area (Å²) in [6.07, 6.45) is 2.90. The molecule has 2 amide bonds. The zero-order valence-electron chi connectivity index (χ0n) is 18.8. The topological polar surface area (TPSA) is 105 Å². The lowest BCUT2D eigenvalue weighted by Crippen LogP contribution is -2.52. The van der Waals surface area contributed by atoms with Gasteiger partial charge in [-0.3, -0.25) is 4.79 Å². The van der Waals surface area contributed by atoms with Crippen molar-refractivity contribution in [2.45, 2.75) is 57.0 Å². The molecule has 2 aliphatic rings. The van der Waals surface area contributed by atoms with Crippen LogP contribution < -0.4 is 10.6 Å². The van der Waals surface area contributed by atoms with Gasteiger partial charge in [0, 0.05) is 5.92 Å². The second kappa shape index (κ2) is 10.1. The maximum atomic E-state index is 12.8. The maximum absolute atomic E-state index is 12.8. The molecule has 4 rings (SSSR count). The molecule has 2 aromatic rings. The number of fused-ring (bicyclic) bond motifs is 3. The lowest BCUT2D eigenvalue weighted by atomic mass is 9.98. The van der Waals surface area contributed by atoms with Crippen molar-refractivity contribution in [1.82, 2.24) is 10.6 Å². The number of ether oxygens (including phenoxy) is 1. The van der Waals surface area contributed by atoms with Crippen LogP contribution in [-0.4, -0.2) is 41.8 Å². The van der Waals surface area contributed by atoms with Crippen LogP contribution in [0.3, 0.4) is 0 Å². The number of carboxylic acids is 1. The van der Waals surface area contributed by atoms with Gasteiger partial charge in [-0.05, 0) is 47.4 Å². The number of unbranched alkanes of at least 4 members (excludes halogenated alkanes) is 1. The maximum Gasteiger partial charge on any atom is 0.407 e. The predicted molar refractivity (Wildman–Crippen MR) is 124 cm³/mol. The Bertz CT molecular complexity index is 987. The molecule has 2 aromatic carbocycles. The average Bonchev–Trinajstić information content (AvgIpc) is 3.61. The van der Waals surface area contributed by atoms with Crippen LogP contribution >= 0.6 is 0 Å². The number of alkyl carbamates (subject to hydrolysis) is 1. The van der Waals surface area contributed by atoms with Crippen LogP contribution in [0.15, 0.2) is 48.5 Å². The van der Waals surface area contributed by atoms with Gasteiger partial charge in [-0.2, -0.15) is 0 Å². The number of rotatable bonds is 10. The minimum absolute atomic E-state index is 0.0345. The van der Waals surface area contributed by atoms with Crippen LogP contribution in [0, 0.1) is 5.92 Å². The van der Waals surface area contributed by atoms with Gasteiger partial charge in [-0.25, -0.2) is 9.59 Å². The SMILES string of the molecule is CCCCC(NC(=O)OCC1c2ccccc2-c2ccccc21)C(=O)NC(C(=O)O)C1CC1. The van der Waals surface area contributed by atoms with E-state index in [2.05, 4.69) is 22.8 Å². The third-order valence-electron chi connectivity index (χ3n) is 6.46. The molecule has 2 unspecified atom stereocenters. The molecule has 3 N–H and O–H groups in total. The van der Waals surface area contributed by atoms with E-state index < -0.39 is 30.1 Å². The minimum atomic E-state index is -1.04. The summed E-state index contributed by atoms with van der Waals surface area (Å²) < 4.78 is 5.57. The molecule has 1 fully saturated rings. The van der Waals surface area contributed by atoms with Crippen molar-refractivity contribution in [3.8, 4) is 11.1 Å². The molecule has 7 heteroatoms. The van der Waals surface area contributed by atoms with Crippen molar-refractivity contribution in [1.29, 1.82) is 0 Å². The van der Waals surface area contributed by atoms with Gasteiger partial charge < -0.3 is 20.5 Å². The van der Waals surface area contributed by atoms with E-state index >= 15 is 0 Å². The summed E-state index contributed by atoms with van der Waals surface area (Å²) >= 11 is 0. The van der Waals surface area contributed by atoms with Crippen LogP contribution in [0.4, 0.5) is 4.79 Å². The molecule has 174 valence electrons. The molecule has 0 aromatic heterocycles. The highest BCUT2D eigenvalue weighted by molar-refractivity contribution is 5.89. The van der Waals surface area contributed by atoms with Gasteiger partial charge >= 0.3 is 12.1 Å². The summed E-state index contributed by atoms with van der Waals surface area (Å²) in [5, 5.41) is 14.7. The Morgan fingerprint density at radius 2 is 1.61 bits per heavy atom. The molecule has 7 nitrogen and oxygen atoms in total. The lowest BCUT2D eigenvalue weighted by molar-refractivity contribution is -0.142. The Morgan fingerprint density at radius 3 is 2.15 bits per heavy atom. The Balaban J connectivity index is 1.39. The summed E-state index contributed by atoms with van der Waals surface area (Å²) in [5.74, 6) is -1.62. The lowest BCUT2D eigenvalue weighted by Gasteiger charge is -2.22. The van der Waals surface area contributed by atoms with E-state index in [4.69, 9.17) is 4.74 Å². The van der Waals surface area contributed by atoms with Gasteiger partial charge in [0.05, 0.1) is 0 Å². The van der Waals surface area contributed by atoms with E-state index in [1.807, 2.05) is 43.3 Å². The molecular weight excluding hydrogens is 420 g/mol. The fourth-order valence-corrected chi connectivity index (χ4v) is 4.52. The minimum Gasteiger partial charge on any atom is -0.480 e. The fraction of sp³-hybridized carbons (Fsp3) is 0.423.